The van der Waals surface area contributed by atoms with Gasteiger partial charge in [0.15, 0.2) is 12.0 Å². The first kappa shape index (κ1) is 9.45. The predicted octanol–water partition coefficient (Wildman–Crippen LogP) is 2.16. The van der Waals surface area contributed by atoms with Gasteiger partial charge in [-0.05, 0) is 17.7 Å². The Morgan fingerprint density at radius 1 is 1.47 bits per heavy atom. The fourth-order valence-electron chi connectivity index (χ4n) is 1.34. The number of rotatable bonds is 3. The molecule has 0 radical (unpaired) electrons. The third-order valence-corrected chi connectivity index (χ3v) is 2.09. The van der Waals surface area contributed by atoms with E-state index in [1.54, 1.807) is 7.11 Å². The molecule has 0 N–H and O–H groups in total. The number of carbonyl (C=O) groups is 1. The summed E-state index contributed by atoms with van der Waals surface area (Å²) in [5, 5.41) is 3.58. The van der Waals surface area contributed by atoms with Gasteiger partial charge in [0.25, 0.3) is 0 Å². The smallest absolute Gasteiger partial charge is 0.172 e. The number of carbonyl (C=O) groups excluding carboxylic acids is 1. The van der Waals surface area contributed by atoms with Crippen molar-refractivity contribution in [3.8, 4) is 16.9 Å². The summed E-state index contributed by atoms with van der Waals surface area (Å²) in [6.07, 6.45) is 2.11. The molecule has 0 atom stereocenters. The Morgan fingerprint density at radius 3 is 3.07 bits per heavy atom. The molecule has 0 unspecified atom stereocenters. The monoisotopic (exact) mass is 203 g/mol. The van der Waals surface area contributed by atoms with Gasteiger partial charge in [-0.1, -0.05) is 17.3 Å². The molecule has 0 amide bonds. The Kier molecular flexibility index (Phi) is 2.49. The lowest BCUT2D eigenvalue weighted by Crippen LogP contribution is -1.86. The third-order valence-electron chi connectivity index (χ3n) is 2.09. The van der Waals surface area contributed by atoms with Gasteiger partial charge in [-0.15, -0.1) is 0 Å². The Bertz CT molecular complexity index is 476. The largest absolute Gasteiger partial charge is 0.497 e. The summed E-state index contributed by atoms with van der Waals surface area (Å²) in [6, 6.07) is 7.36. The molecule has 15 heavy (non-hydrogen) atoms. The van der Waals surface area contributed by atoms with Crippen molar-refractivity contribution in [3.05, 3.63) is 36.2 Å². The Balaban J connectivity index is 2.48. The van der Waals surface area contributed by atoms with Gasteiger partial charge in [0.1, 0.15) is 12.0 Å². The van der Waals surface area contributed by atoms with E-state index in [9.17, 15) is 4.79 Å². The van der Waals surface area contributed by atoms with Crippen molar-refractivity contribution in [2.24, 2.45) is 0 Å². The topological polar surface area (TPSA) is 52.3 Å². The van der Waals surface area contributed by atoms with Crippen LogP contribution in [-0.2, 0) is 0 Å². The van der Waals surface area contributed by atoms with Crippen LogP contribution in [0.3, 0.4) is 0 Å². The molecule has 0 spiro atoms. The summed E-state index contributed by atoms with van der Waals surface area (Å²) in [5.74, 6) is 0.727. The van der Waals surface area contributed by atoms with Crippen molar-refractivity contribution in [1.82, 2.24) is 5.16 Å². The maximum absolute atomic E-state index is 10.7. The Hall–Kier alpha value is -2.10. The van der Waals surface area contributed by atoms with Gasteiger partial charge in [0.05, 0.1) is 12.7 Å². The van der Waals surface area contributed by atoms with Crippen LogP contribution in [0.4, 0.5) is 0 Å². The number of ether oxygens (including phenoxy) is 1. The quantitative estimate of drug-likeness (QED) is 0.717. The molecule has 0 aliphatic heterocycles. The molecule has 76 valence electrons. The normalized spacial score (nSPS) is 9.93. The van der Waals surface area contributed by atoms with Crippen molar-refractivity contribution in [2.75, 3.05) is 7.11 Å². The standard InChI is InChI=1S/C11H9NO3/c1-14-9-4-2-3-8(5-9)10-7-15-12-11(10)6-13/h2-7H,1H3. The highest BCUT2D eigenvalue weighted by molar-refractivity contribution is 5.84. The van der Waals surface area contributed by atoms with E-state index in [4.69, 9.17) is 9.26 Å². The number of aromatic nitrogens is 1. The zero-order valence-corrected chi connectivity index (χ0v) is 8.14. The molecule has 2 rings (SSSR count). The Morgan fingerprint density at radius 2 is 2.33 bits per heavy atom. The van der Waals surface area contributed by atoms with Gasteiger partial charge >= 0.3 is 0 Å². The summed E-state index contributed by atoms with van der Waals surface area (Å²) < 4.78 is 9.83. The summed E-state index contributed by atoms with van der Waals surface area (Å²) in [7, 11) is 1.59. The molecule has 4 nitrogen and oxygen atoms in total. The van der Waals surface area contributed by atoms with Crippen LogP contribution in [0.25, 0.3) is 11.1 Å². The van der Waals surface area contributed by atoms with E-state index in [1.807, 2.05) is 24.3 Å². The number of methoxy groups -OCH3 is 1. The predicted molar refractivity (Wildman–Crippen MR) is 53.9 cm³/mol. The first-order chi connectivity index (χ1) is 7.35. The first-order valence-electron chi connectivity index (χ1n) is 4.39. The van der Waals surface area contributed by atoms with Gasteiger partial charge in [0, 0.05) is 0 Å². The van der Waals surface area contributed by atoms with Crippen LogP contribution in [0.5, 0.6) is 5.75 Å². The molecule has 0 saturated heterocycles. The lowest BCUT2D eigenvalue weighted by atomic mass is 10.1. The minimum Gasteiger partial charge on any atom is -0.497 e. The summed E-state index contributed by atoms with van der Waals surface area (Å²) in [6.45, 7) is 0. The van der Waals surface area contributed by atoms with Crippen LogP contribution in [0.15, 0.2) is 35.1 Å². The minimum atomic E-state index is 0.295. The number of hydrogen-bond donors (Lipinski definition) is 0. The second kappa shape index (κ2) is 3.96. The molecular weight excluding hydrogens is 194 g/mol. The van der Waals surface area contributed by atoms with Gasteiger partial charge in [0.2, 0.25) is 0 Å². The van der Waals surface area contributed by atoms with Gasteiger partial charge < -0.3 is 9.26 Å². The second-order valence-electron chi connectivity index (χ2n) is 2.96. The van der Waals surface area contributed by atoms with Crippen molar-refractivity contribution >= 4 is 6.29 Å². The molecule has 0 bridgehead atoms. The van der Waals surface area contributed by atoms with Gasteiger partial charge in [-0.2, -0.15) is 0 Å². The van der Waals surface area contributed by atoms with Gasteiger partial charge in [-0.25, -0.2) is 0 Å². The van der Waals surface area contributed by atoms with Crippen molar-refractivity contribution in [2.45, 2.75) is 0 Å². The Labute approximate surface area is 86.5 Å². The van der Waals surface area contributed by atoms with E-state index >= 15 is 0 Å². The van der Waals surface area contributed by atoms with Crippen molar-refractivity contribution in [1.29, 1.82) is 0 Å². The summed E-state index contributed by atoms with van der Waals surface area (Å²) >= 11 is 0. The zero-order valence-electron chi connectivity index (χ0n) is 8.14. The third kappa shape index (κ3) is 1.74. The van der Waals surface area contributed by atoms with Crippen LogP contribution < -0.4 is 4.74 Å². The average molecular weight is 203 g/mol. The van der Waals surface area contributed by atoms with E-state index in [1.165, 1.54) is 6.26 Å². The fraction of sp³-hybridized carbons (Fsp3) is 0.0909. The maximum atomic E-state index is 10.7. The molecule has 0 aliphatic carbocycles. The number of nitrogens with zero attached hydrogens (tertiary/aromatic N) is 1. The van der Waals surface area contributed by atoms with E-state index in [2.05, 4.69) is 5.16 Å². The van der Waals surface area contributed by atoms with E-state index in [-0.39, 0.29) is 0 Å². The lowest BCUT2D eigenvalue weighted by Gasteiger charge is -2.01. The van der Waals surface area contributed by atoms with Crippen LogP contribution in [0, 0.1) is 0 Å². The molecule has 1 aromatic heterocycles. The zero-order chi connectivity index (χ0) is 10.7. The number of benzene rings is 1. The van der Waals surface area contributed by atoms with Crippen LogP contribution >= 0.6 is 0 Å². The SMILES string of the molecule is COc1cccc(-c2conc2C=O)c1. The fourth-order valence-corrected chi connectivity index (χ4v) is 1.34. The number of hydrogen-bond acceptors (Lipinski definition) is 4. The molecular formula is C11H9NO3. The molecule has 0 saturated carbocycles. The van der Waals surface area contributed by atoms with E-state index in [0.717, 1.165) is 11.3 Å². The molecule has 1 aromatic carbocycles. The van der Waals surface area contributed by atoms with Crippen LogP contribution in [0.2, 0.25) is 0 Å². The highest BCUT2D eigenvalue weighted by Gasteiger charge is 2.09. The minimum absolute atomic E-state index is 0.295. The van der Waals surface area contributed by atoms with Gasteiger partial charge in [-0.3, -0.25) is 4.79 Å². The highest BCUT2D eigenvalue weighted by Crippen LogP contribution is 2.25. The van der Waals surface area contributed by atoms with Crippen LogP contribution in [-0.4, -0.2) is 18.6 Å². The summed E-state index contributed by atoms with van der Waals surface area (Å²) in [4.78, 5) is 10.7. The first-order valence-corrected chi connectivity index (χ1v) is 4.39. The second-order valence-corrected chi connectivity index (χ2v) is 2.96. The molecule has 4 heteroatoms. The van der Waals surface area contributed by atoms with Crippen molar-refractivity contribution < 1.29 is 14.1 Å². The summed E-state index contributed by atoms with van der Waals surface area (Å²) in [5.41, 5.74) is 1.81. The van der Waals surface area contributed by atoms with E-state index in [0.29, 0.717) is 17.5 Å². The molecule has 0 aliphatic rings. The van der Waals surface area contributed by atoms with Crippen molar-refractivity contribution in [3.63, 3.8) is 0 Å². The lowest BCUT2D eigenvalue weighted by molar-refractivity contribution is 0.111. The molecule has 1 heterocycles. The maximum Gasteiger partial charge on any atom is 0.172 e. The molecule has 0 fully saturated rings. The highest BCUT2D eigenvalue weighted by atomic mass is 16.5. The molecule has 2 aromatic rings. The number of aldehydes is 1. The average Bonchev–Trinajstić information content (AvgIpc) is 2.77. The van der Waals surface area contributed by atoms with E-state index < -0.39 is 0 Å². The van der Waals surface area contributed by atoms with Crippen LogP contribution in [0.1, 0.15) is 10.5 Å².